The highest BCUT2D eigenvalue weighted by Gasteiger charge is 2.31. The topological polar surface area (TPSA) is 66.4 Å². The average Bonchev–Trinajstić information content (AvgIpc) is 3.18. The van der Waals surface area contributed by atoms with E-state index in [1.54, 1.807) is 6.92 Å². The smallest absolute Gasteiger partial charge is 0.222 e. The molecule has 0 N–H and O–H groups in total. The monoisotopic (exact) mass is 370 g/mol. The maximum Gasteiger partial charge on any atom is 0.222 e. The number of aromatic nitrogens is 2. The van der Waals surface area contributed by atoms with E-state index in [1.807, 2.05) is 16.0 Å². The fourth-order valence-corrected chi connectivity index (χ4v) is 4.76. The molecule has 0 bridgehead atoms. The Morgan fingerprint density at radius 1 is 1.11 bits per heavy atom. The van der Waals surface area contributed by atoms with Crippen LogP contribution in [0, 0.1) is 5.92 Å². The van der Waals surface area contributed by atoms with Crippen molar-refractivity contribution in [2.75, 3.05) is 19.6 Å². The van der Waals surface area contributed by atoms with Gasteiger partial charge in [-0.15, -0.1) is 0 Å². The van der Waals surface area contributed by atoms with E-state index in [-0.39, 0.29) is 11.8 Å². The summed E-state index contributed by atoms with van der Waals surface area (Å²) >= 11 is 0. The van der Waals surface area contributed by atoms with Crippen LogP contribution in [0.5, 0.6) is 0 Å². The van der Waals surface area contributed by atoms with Gasteiger partial charge in [-0.05, 0) is 25.2 Å². The molecule has 3 aliphatic rings. The molecule has 27 heavy (non-hydrogen) atoms. The SMILES string of the molecule is CC(=O)N1CCc2nc([C@H]3CCN(C(=O)CC4CCCCC4)C3)ncc2C1. The first-order valence-corrected chi connectivity index (χ1v) is 10.5. The van der Waals surface area contributed by atoms with Crippen LogP contribution in [0.2, 0.25) is 0 Å². The molecule has 6 heteroatoms. The van der Waals surface area contributed by atoms with Gasteiger partial charge in [0, 0.05) is 63.6 Å². The van der Waals surface area contributed by atoms with Crippen molar-refractivity contribution >= 4 is 11.8 Å². The molecule has 0 aromatic carbocycles. The molecule has 3 heterocycles. The number of amides is 2. The lowest BCUT2D eigenvalue weighted by atomic mass is 9.87. The number of carbonyl (C=O) groups excluding carboxylic acids is 2. The highest BCUT2D eigenvalue weighted by Crippen LogP contribution is 2.30. The van der Waals surface area contributed by atoms with Crippen LogP contribution >= 0.6 is 0 Å². The molecule has 2 amide bonds. The summed E-state index contributed by atoms with van der Waals surface area (Å²) in [6.45, 7) is 4.54. The van der Waals surface area contributed by atoms with Crippen LogP contribution in [0.25, 0.3) is 0 Å². The van der Waals surface area contributed by atoms with Crippen molar-refractivity contribution in [2.24, 2.45) is 5.92 Å². The Hall–Kier alpha value is -1.98. The molecular formula is C21H30N4O2. The van der Waals surface area contributed by atoms with E-state index < -0.39 is 0 Å². The molecule has 0 radical (unpaired) electrons. The van der Waals surface area contributed by atoms with Crippen molar-refractivity contribution in [3.63, 3.8) is 0 Å². The summed E-state index contributed by atoms with van der Waals surface area (Å²) in [5.74, 6) is 2.14. The van der Waals surface area contributed by atoms with E-state index in [0.29, 0.717) is 18.4 Å². The van der Waals surface area contributed by atoms with Crippen LogP contribution in [-0.2, 0) is 22.6 Å². The molecule has 0 spiro atoms. The van der Waals surface area contributed by atoms with Crippen molar-refractivity contribution in [2.45, 2.75) is 70.8 Å². The molecule has 1 atom stereocenters. The number of carbonyl (C=O) groups is 2. The van der Waals surface area contributed by atoms with Gasteiger partial charge in [0.05, 0.1) is 5.69 Å². The molecule has 1 saturated carbocycles. The number of hydrogen-bond donors (Lipinski definition) is 0. The molecule has 146 valence electrons. The first kappa shape index (κ1) is 18.4. The van der Waals surface area contributed by atoms with Crippen molar-refractivity contribution in [3.8, 4) is 0 Å². The van der Waals surface area contributed by atoms with Gasteiger partial charge < -0.3 is 9.80 Å². The van der Waals surface area contributed by atoms with E-state index in [9.17, 15) is 9.59 Å². The summed E-state index contributed by atoms with van der Waals surface area (Å²) < 4.78 is 0. The maximum absolute atomic E-state index is 12.7. The van der Waals surface area contributed by atoms with Crippen LogP contribution in [0.1, 0.15) is 74.9 Å². The van der Waals surface area contributed by atoms with Crippen molar-refractivity contribution in [1.82, 2.24) is 19.8 Å². The lowest BCUT2D eigenvalue weighted by Crippen LogP contribution is -2.35. The Kier molecular flexibility index (Phi) is 5.41. The Morgan fingerprint density at radius 2 is 1.93 bits per heavy atom. The predicted molar refractivity (Wildman–Crippen MR) is 102 cm³/mol. The summed E-state index contributed by atoms with van der Waals surface area (Å²) in [5, 5.41) is 0. The number of rotatable bonds is 3. The van der Waals surface area contributed by atoms with Gasteiger partial charge in [-0.3, -0.25) is 9.59 Å². The first-order valence-electron chi connectivity index (χ1n) is 10.5. The Labute approximate surface area is 161 Å². The lowest BCUT2D eigenvalue weighted by molar-refractivity contribution is -0.131. The first-order chi connectivity index (χ1) is 13.1. The van der Waals surface area contributed by atoms with Gasteiger partial charge in [0.2, 0.25) is 11.8 Å². The number of fused-ring (bicyclic) bond motifs is 1. The molecular weight excluding hydrogens is 340 g/mol. The van der Waals surface area contributed by atoms with E-state index in [1.165, 1.54) is 32.1 Å². The minimum atomic E-state index is 0.104. The second kappa shape index (κ2) is 7.95. The van der Waals surface area contributed by atoms with Crippen LogP contribution in [0.15, 0.2) is 6.20 Å². The van der Waals surface area contributed by atoms with Gasteiger partial charge in [-0.2, -0.15) is 0 Å². The zero-order chi connectivity index (χ0) is 18.8. The van der Waals surface area contributed by atoms with Gasteiger partial charge in [0.25, 0.3) is 0 Å². The molecule has 0 unspecified atom stereocenters. The van der Waals surface area contributed by atoms with Crippen LogP contribution in [0.3, 0.4) is 0 Å². The third-order valence-corrected chi connectivity index (χ3v) is 6.49. The highest BCUT2D eigenvalue weighted by atomic mass is 16.2. The number of nitrogens with zero attached hydrogens (tertiary/aromatic N) is 4. The summed E-state index contributed by atoms with van der Waals surface area (Å²) in [5.41, 5.74) is 2.13. The van der Waals surface area contributed by atoms with Crippen molar-refractivity contribution in [3.05, 3.63) is 23.3 Å². The largest absolute Gasteiger partial charge is 0.342 e. The minimum absolute atomic E-state index is 0.104. The second-order valence-electron chi connectivity index (χ2n) is 8.42. The van der Waals surface area contributed by atoms with Gasteiger partial charge in [0.15, 0.2) is 0 Å². The molecule has 1 aliphatic carbocycles. The third-order valence-electron chi connectivity index (χ3n) is 6.49. The van der Waals surface area contributed by atoms with Crippen LogP contribution in [0.4, 0.5) is 0 Å². The van der Waals surface area contributed by atoms with Gasteiger partial charge in [-0.1, -0.05) is 19.3 Å². The zero-order valence-electron chi connectivity index (χ0n) is 16.3. The Morgan fingerprint density at radius 3 is 2.70 bits per heavy atom. The Bertz CT molecular complexity index is 714. The molecule has 6 nitrogen and oxygen atoms in total. The number of hydrogen-bond acceptors (Lipinski definition) is 4. The molecule has 2 aliphatic heterocycles. The predicted octanol–water partition coefficient (Wildman–Crippen LogP) is 2.67. The Balaban J connectivity index is 1.36. The minimum Gasteiger partial charge on any atom is -0.342 e. The van der Waals surface area contributed by atoms with Crippen LogP contribution in [-0.4, -0.2) is 51.2 Å². The summed E-state index contributed by atoms with van der Waals surface area (Å²) in [6.07, 6.45) is 10.7. The van der Waals surface area contributed by atoms with E-state index in [2.05, 4.69) is 4.98 Å². The number of likely N-dealkylation sites (tertiary alicyclic amines) is 1. The normalized spacial score (nSPS) is 23.4. The van der Waals surface area contributed by atoms with Crippen molar-refractivity contribution < 1.29 is 9.59 Å². The van der Waals surface area contributed by atoms with Crippen LogP contribution < -0.4 is 0 Å². The second-order valence-corrected chi connectivity index (χ2v) is 8.42. The van der Waals surface area contributed by atoms with Gasteiger partial charge in [0.1, 0.15) is 5.82 Å². The fraction of sp³-hybridized carbons (Fsp3) is 0.714. The molecule has 2 fully saturated rings. The lowest BCUT2D eigenvalue weighted by Gasteiger charge is -2.27. The molecule has 4 rings (SSSR count). The maximum atomic E-state index is 12.7. The van der Waals surface area contributed by atoms with Crippen molar-refractivity contribution in [1.29, 1.82) is 0 Å². The van der Waals surface area contributed by atoms with E-state index >= 15 is 0 Å². The van der Waals surface area contributed by atoms with Gasteiger partial charge >= 0.3 is 0 Å². The molecule has 1 saturated heterocycles. The summed E-state index contributed by atoms with van der Waals surface area (Å²) in [6, 6.07) is 0. The molecule has 1 aromatic heterocycles. The average molecular weight is 370 g/mol. The van der Waals surface area contributed by atoms with E-state index in [4.69, 9.17) is 4.98 Å². The quantitative estimate of drug-likeness (QED) is 0.820. The zero-order valence-corrected chi connectivity index (χ0v) is 16.3. The van der Waals surface area contributed by atoms with Gasteiger partial charge in [-0.25, -0.2) is 9.97 Å². The third kappa shape index (κ3) is 4.14. The highest BCUT2D eigenvalue weighted by molar-refractivity contribution is 5.77. The summed E-state index contributed by atoms with van der Waals surface area (Å²) in [4.78, 5) is 37.5. The molecule has 1 aromatic rings. The van der Waals surface area contributed by atoms with E-state index in [0.717, 1.165) is 56.0 Å². The fourth-order valence-electron chi connectivity index (χ4n) is 4.76. The summed E-state index contributed by atoms with van der Waals surface area (Å²) in [7, 11) is 0. The standard InChI is InChI=1S/C21H30N4O2/c1-15(26)24-10-8-19-18(14-24)12-22-21(23-19)17-7-9-25(13-17)20(27)11-16-5-3-2-4-6-16/h12,16-17H,2-11,13-14H2,1H3/t17-/m0/s1.